The number of hydrogen-bond acceptors (Lipinski definition) is 0. The first-order valence-electron chi connectivity index (χ1n) is 7.98. The molecule has 4 rings (SSSR count). The molecule has 0 radical (unpaired) electrons. The van der Waals surface area contributed by atoms with Gasteiger partial charge in [-0.2, -0.15) is 0 Å². The van der Waals surface area contributed by atoms with Gasteiger partial charge in [0.25, 0.3) is 0 Å². The summed E-state index contributed by atoms with van der Waals surface area (Å²) in [5, 5.41) is 0. The fourth-order valence-electron chi connectivity index (χ4n) is 3.65. The third-order valence-corrected chi connectivity index (χ3v) is 4.99. The van der Waals surface area contributed by atoms with Crippen molar-refractivity contribution in [3.8, 4) is 11.1 Å². The first-order chi connectivity index (χ1) is 10.7. The number of benzene rings is 3. The minimum absolute atomic E-state index is 1.03. The Morgan fingerprint density at radius 1 is 0.818 bits per heavy atom. The third kappa shape index (κ3) is 2.07. The Bertz CT molecular complexity index is 841. The van der Waals surface area contributed by atoms with Crippen molar-refractivity contribution in [2.24, 2.45) is 0 Å². The standard InChI is InChI=1S/C22H20/c1-15-12-21-19-11-7-6-10-18(19)14-22(21)20(16(15)2)13-17-8-4-3-5-9-17/h3-12H,13-14H2,1-2H3. The van der Waals surface area contributed by atoms with Crippen LogP contribution in [0.4, 0.5) is 0 Å². The highest BCUT2D eigenvalue weighted by molar-refractivity contribution is 5.79. The van der Waals surface area contributed by atoms with Crippen LogP contribution in [0.2, 0.25) is 0 Å². The summed E-state index contributed by atoms with van der Waals surface area (Å²) in [6.07, 6.45) is 2.11. The minimum Gasteiger partial charge on any atom is -0.0622 e. The number of fused-ring (bicyclic) bond motifs is 3. The summed E-state index contributed by atoms with van der Waals surface area (Å²) in [5.41, 5.74) is 11.7. The molecular weight excluding hydrogens is 264 g/mol. The molecule has 108 valence electrons. The Morgan fingerprint density at radius 3 is 2.36 bits per heavy atom. The van der Waals surface area contributed by atoms with Crippen molar-refractivity contribution in [2.45, 2.75) is 26.7 Å². The van der Waals surface area contributed by atoms with Gasteiger partial charge in [-0.15, -0.1) is 0 Å². The summed E-state index contributed by atoms with van der Waals surface area (Å²) in [4.78, 5) is 0. The van der Waals surface area contributed by atoms with Crippen LogP contribution in [-0.2, 0) is 12.8 Å². The predicted molar refractivity (Wildman–Crippen MR) is 93.4 cm³/mol. The highest BCUT2D eigenvalue weighted by Crippen LogP contribution is 2.41. The Morgan fingerprint density at radius 2 is 1.55 bits per heavy atom. The van der Waals surface area contributed by atoms with Crippen molar-refractivity contribution in [3.05, 3.63) is 94.0 Å². The number of aryl methyl sites for hydroxylation is 1. The monoisotopic (exact) mass is 284 g/mol. The maximum atomic E-state index is 2.38. The van der Waals surface area contributed by atoms with Gasteiger partial charge in [0.1, 0.15) is 0 Å². The molecule has 0 atom stereocenters. The molecular formula is C22H20. The van der Waals surface area contributed by atoms with Crippen LogP contribution >= 0.6 is 0 Å². The topological polar surface area (TPSA) is 0 Å². The molecule has 0 spiro atoms. The van der Waals surface area contributed by atoms with Crippen molar-refractivity contribution < 1.29 is 0 Å². The molecule has 0 N–H and O–H groups in total. The van der Waals surface area contributed by atoms with E-state index in [1.165, 1.54) is 44.5 Å². The van der Waals surface area contributed by atoms with Gasteiger partial charge in [0.2, 0.25) is 0 Å². The Hall–Kier alpha value is -2.34. The lowest BCUT2D eigenvalue weighted by Gasteiger charge is -2.15. The Kier molecular flexibility index (Phi) is 3.11. The van der Waals surface area contributed by atoms with Crippen molar-refractivity contribution in [1.82, 2.24) is 0 Å². The Labute approximate surface area is 132 Å². The predicted octanol–water partition coefficient (Wildman–Crippen LogP) is 5.47. The van der Waals surface area contributed by atoms with Gasteiger partial charge in [-0.3, -0.25) is 0 Å². The summed E-state index contributed by atoms with van der Waals surface area (Å²) < 4.78 is 0. The third-order valence-electron chi connectivity index (χ3n) is 4.99. The van der Waals surface area contributed by atoms with Crippen LogP contribution in [0.25, 0.3) is 11.1 Å². The molecule has 22 heavy (non-hydrogen) atoms. The van der Waals surface area contributed by atoms with Crippen LogP contribution in [0.5, 0.6) is 0 Å². The van der Waals surface area contributed by atoms with Crippen LogP contribution in [0.1, 0.15) is 33.4 Å². The highest BCUT2D eigenvalue weighted by atomic mass is 14.3. The lowest BCUT2D eigenvalue weighted by atomic mass is 9.89. The molecule has 0 saturated carbocycles. The van der Waals surface area contributed by atoms with E-state index in [0.29, 0.717) is 0 Å². The van der Waals surface area contributed by atoms with Crippen molar-refractivity contribution >= 4 is 0 Å². The van der Waals surface area contributed by atoms with Crippen LogP contribution in [0.3, 0.4) is 0 Å². The first kappa shape index (κ1) is 13.3. The minimum atomic E-state index is 1.03. The fraction of sp³-hybridized carbons (Fsp3) is 0.182. The zero-order valence-electron chi connectivity index (χ0n) is 13.2. The van der Waals surface area contributed by atoms with E-state index in [0.717, 1.165) is 12.8 Å². The van der Waals surface area contributed by atoms with Gasteiger partial charge >= 0.3 is 0 Å². The van der Waals surface area contributed by atoms with E-state index >= 15 is 0 Å². The Balaban J connectivity index is 1.88. The molecule has 0 nitrogen and oxygen atoms in total. The fourth-order valence-corrected chi connectivity index (χ4v) is 3.65. The van der Waals surface area contributed by atoms with Crippen LogP contribution in [0.15, 0.2) is 60.7 Å². The summed E-state index contributed by atoms with van der Waals surface area (Å²) in [7, 11) is 0. The average molecular weight is 284 g/mol. The molecule has 0 heterocycles. The average Bonchev–Trinajstić information content (AvgIpc) is 2.91. The van der Waals surface area contributed by atoms with Gasteiger partial charge in [0.05, 0.1) is 0 Å². The SMILES string of the molecule is Cc1cc2c(c(Cc3ccccc3)c1C)Cc1ccccc1-2. The van der Waals surface area contributed by atoms with E-state index in [4.69, 9.17) is 0 Å². The van der Waals surface area contributed by atoms with Gasteiger partial charge in [-0.1, -0.05) is 60.7 Å². The summed E-state index contributed by atoms with van der Waals surface area (Å²) in [6.45, 7) is 4.52. The molecule has 1 aliphatic carbocycles. The zero-order valence-corrected chi connectivity index (χ0v) is 13.2. The van der Waals surface area contributed by atoms with Crippen LogP contribution in [0, 0.1) is 13.8 Å². The first-order valence-corrected chi connectivity index (χ1v) is 7.98. The number of hydrogen-bond donors (Lipinski definition) is 0. The maximum absolute atomic E-state index is 2.38. The maximum Gasteiger partial charge on any atom is -0.00105 e. The molecule has 0 heteroatoms. The lowest BCUT2D eigenvalue weighted by molar-refractivity contribution is 1.08. The molecule has 0 unspecified atom stereocenters. The molecule has 0 aromatic heterocycles. The molecule has 0 amide bonds. The molecule has 3 aromatic carbocycles. The van der Waals surface area contributed by atoms with Gasteiger partial charge in [0, 0.05) is 0 Å². The molecule has 1 aliphatic rings. The molecule has 0 saturated heterocycles. The van der Waals surface area contributed by atoms with Gasteiger partial charge in [-0.05, 0) is 71.2 Å². The van der Waals surface area contributed by atoms with E-state index in [1.54, 1.807) is 0 Å². The molecule has 0 bridgehead atoms. The summed E-state index contributed by atoms with van der Waals surface area (Å²) in [6, 6.07) is 22.0. The second kappa shape index (κ2) is 5.14. The summed E-state index contributed by atoms with van der Waals surface area (Å²) >= 11 is 0. The van der Waals surface area contributed by atoms with Crippen LogP contribution in [-0.4, -0.2) is 0 Å². The largest absolute Gasteiger partial charge is 0.0622 e. The normalized spacial score (nSPS) is 12.1. The van der Waals surface area contributed by atoms with Gasteiger partial charge in [-0.25, -0.2) is 0 Å². The van der Waals surface area contributed by atoms with E-state index in [2.05, 4.69) is 74.5 Å². The van der Waals surface area contributed by atoms with Crippen molar-refractivity contribution in [2.75, 3.05) is 0 Å². The lowest BCUT2D eigenvalue weighted by Crippen LogP contribution is -2.00. The second-order valence-electron chi connectivity index (χ2n) is 6.32. The van der Waals surface area contributed by atoms with Gasteiger partial charge in [0.15, 0.2) is 0 Å². The molecule has 0 aliphatic heterocycles. The zero-order chi connectivity index (χ0) is 15.1. The van der Waals surface area contributed by atoms with Crippen LogP contribution < -0.4 is 0 Å². The quantitative estimate of drug-likeness (QED) is 0.458. The van der Waals surface area contributed by atoms with E-state index < -0.39 is 0 Å². The molecule has 0 fully saturated rings. The molecule has 3 aromatic rings. The van der Waals surface area contributed by atoms with E-state index in [-0.39, 0.29) is 0 Å². The smallest absolute Gasteiger partial charge is 0.00105 e. The van der Waals surface area contributed by atoms with E-state index in [9.17, 15) is 0 Å². The van der Waals surface area contributed by atoms with Gasteiger partial charge < -0.3 is 0 Å². The van der Waals surface area contributed by atoms with Crippen molar-refractivity contribution in [3.63, 3.8) is 0 Å². The van der Waals surface area contributed by atoms with E-state index in [1.807, 2.05) is 0 Å². The second-order valence-corrected chi connectivity index (χ2v) is 6.32. The van der Waals surface area contributed by atoms with Crippen molar-refractivity contribution in [1.29, 1.82) is 0 Å². The number of rotatable bonds is 2. The summed E-state index contributed by atoms with van der Waals surface area (Å²) in [5.74, 6) is 0. The highest BCUT2D eigenvalue weighted by Gasteiger charge is 2.22.